The van der Waals surface area contributed by atoms with Gasteiger partial charge in [-0.15, -0.1) is 12.4 Å². The lowest BCUT2D eigenvalue weighted by Crippen LogP contribution is -2.46. The molecule has 0 aliphatic carbocycles. The van der Waals surface area contributed by atoms with Crippen LogP contribution in [0.25, 0.3) is 0 Å². The lowest BCUT2D eigenvalue weighted by Gasteiger charge is -2.20. The summed E-state index contributed by atoms with van der Waals surface area (Å²) >= 11 is 0. The highest BCUT2D eigenvalue weighted by Gasteiger charge is 2.27. The van der Waals surface area contributed by atoms with Gasteiger partial charge in [0.05, 0.1) is 0 Å². The number of hydrogen-bond acceptors (Lipinski definition) is 2. The molecule has 0 heterocycles. The molecular weight excluding hydrogens is 188 g/mol. The SMILES string of the molecule is CC(N)(C(N)=O)c1ccccc1.Cl. The van der Waals surface area contributed by atoms with E-state index in [1.807, 2.05) is 18.2 Å². The normalized spacial score (nSPS) is 14.0. The molecule has 3 nitrogen and oxygen atoms in total. The Morgan fingerprint density at radius 3 is 2.15 bits per heavy atom. The maximum Gasteiger partial charge on any atom is 0.241 e. The first-order valence-corrected chi connectivity index (χ1v) is 3.69. The number of primary amides is 1. The Morgan fingerprint density at radius 1 is 1.31 bits per heavy atom. The summed E-state index contributed by atoms with van der Waals surface area (Å²) in [5, 5.41) is 0. The second-order valence-electron chi connectivity index (χ2n) is 2.93. The second kappa shape index (κ2) is 4.25. The Kier molecular flexibility index (Phi) is 3.91. The van der Waals surface area contributed by atoms with Crippen LogP contribution in [0, 0.1) is 0 Å². The molecule has 1 atom stereocenters. The van der Waals surface area contributed by atoms with E-state index in [9.17, 15) is 4.79 Å². The number of amides is 1. The van der Waals surface area contributed by atoms with Gasteiger partial charge in [-0.1, -0.05) is 30.3 Å². The van der Waals surface area contributed by atoms with Crippen molar-refractivity contribution in [2.45, 2.75) is 12.5 Å². The Balaban J connectivity index is 0.00000144. The summed E-state index contributed by atoms with van der Waals surface area (Å²) in [7, 11) is 0. The van der Waals surface area contributed by atoms with Crippen LogP contribution in [0.5, 0.6) is 0 Å². The largest absolute Gasteiger partial charge is 0.368 e. The summed E-state index contributed by atoms with van der Waals surface area (Å²) in [6.45, 7) is 1.60. The van der Waals surface area contributed by atoms with E-state index in [0.717, 1.165) is 5.56 Å². The highest BCUT2D eigenvalue weighted by molar-refractivity contribution is 5.85. The topological polar surface area (TPSA) is 69.1 Å². The zero-order chi connectivity index (χ0) is 9.19. The zero-order valence-electron chi connectivity index (χ0n) is 7.36. The molecule has 0 saturated heterocycles. The van der Waals surface area contributed by atoms with Crippen LogP contribution in [-0.2, 0) is 10.3 Å². The Hall–Kier alpha value is -1.06. The van der Waals surface area contributed by atoms with Crippen LogP contribution in [0.2, 0.25) is 0 Å². The fourth-order valence-corrected chi connectivity index (χ4v) is 0.927. The van der Waals surface area contributed by atoms with Crippen molar-refractivity contribution in [1.82, 2.24) is 0 Å². The van der Waals surface area contributed by atoms with Crippen molar-refractivity contribution < 1.29 is 4.79 Å². The van der Waals surface area contributed by atoms with E-state index < -0.39 is 11.4 Å². The zero-order valence-corrected chi connectivity index (χ0v) is 8.17. The summed E-state index contributed by atoms with van der Waals surface area (Å²) in [5.41, 5.74) is 10.5. The van der Waals surface area contributed by atoms with Crippen molar-refractivity contribution in [3.63, 3.8) is 0 Å². The fraction of sp³-hybridized carbons (Fsp3) is 0.222. The van der Waals surface area contributed by atoms with Crippen LogP contribution < -0.4 is 11.5 Å². The number of rotatable bonds is 2. The first-order chi connectivity index (χ1) is 5.55. The number of hydrogen-bond donors (Lipinski definition) is 2. The maximum absolute atomic E-state index is 10.9. The van der Waals surface area contributed by atoms with E-state index in [-0.39, 0.29) is 12.4 Å². The van der Waals surface area contributed by atoms with Gasteiger partial charge in [0.2, 0.25) is 5.91 Å². The number of nitrogens with two attached hydrogens (primary N) is 2. The van der Waals surface area contributed by atoms with Crippen LogP contribution in [0.4, 0.5) is 0 Å². The fourth-order valence-electron chi connectivity index (χ4n) is 0.927. The monoisotopic (exact) mass is 200 g/mol. The quantitative estimate of drug-likeness (QED) is 0.741. The van der Waals surface area contributed by atoms with E-state index in [1.165, 1.54) is 0 Å². The molecule has 0 radical (unpaired) electrons. The van der Waals surface area contributed by atoms with Gasteiger partial charge < -0.3 is 11.5 Å². The highest BCUT2D eigenvalue weighted by atomic mass is 35.5. The average molecular weight is 201 g/mol. The minimum absolute atomic E-state index is 0. The molecule has 0 fully saturated rings. The van der Waals surface area contributed by atoms with Crippen LogP contribution in [0.3, 0.4) is 0 Å². The van der Waals surface area contributed by atoms with Gasteiger partial charge in [0, 0.05) is 0 Å². The smallest absolute Gasteiger partial charge is 0.241 e. The minimum atomic E-state index is -1.07. The lowest BCUT2D eigenvalue weighted by molar-refractivity contribution is -0.122. The second-order valence-corrected chi connectivity index (χ2v) is 2.93. The summed E-state index contributed by atoms with van der Waals surface area (Å²) < 4.78 is 0. The molecule has 0 bridgehead atoms. The number of carbonyl (C=O) groups is 1. The minimum Gasteiger partial charge on any atom is -0.368 e. The van der Waals surface area contributed by atoms with Gasteiger partial charge in [0.25, 0.3) is 0 Å². The molecule has 0 aliphatic heterocycles. The van der Waals surface area contributed by atoms with Crippen LogP contribution in [0.1, 0.15) is 12.5 Å². The van der Waals surface area contributed by atoms with Crippen molar-refractivity contribution in [2.75, 3.05) is 0 Å². The predicted octanol–water partition coefficient (Wildman–Crippen LogP) is 0.768. The molecule has 0 spiro atoms. The first kappa shape index (κ1) is 11.9. The molecular formula is C9H13ClN2O. The average Bonchev–Trinajstić information content (AvgIpc) is 2.06. The number of benzene rings is 1. The molecule has 1 unspecified atom stereocenters. The van der Waals surface area contributed by atoms with Gasteiger partial charge in [-0.2, -0.15) is 0 Å². The predicted molar refractivity (Wildman–Crippen MR) is 54.4 cm³/mol. The Bertz CT molecular complexity index is 285. The van der Waals surface area contributed by atoms with Gasteiger partial charge in [-0.25, -0.2) is 0 Å². The number of carbonyl (C=O) groups excluding carboxylic acids is 1. The summed E-state index contributed by atoms with van der Waals surface area (Å²) in [6.07, 6.45) is 0. The van der Waals surface area contributed by atoms with Gasteiger partial charge in [-0.05, 0) is 12.5 Å². The summed E-state index contributed by atoms with van der Waals surface area (Å²) in [5.74, 6) is -0.520. The van der Waals surface area contributed by atoms with Gasteiger partial charge >= 0.3 is 0 Å². The van der Waals surface area contributed by atoms with E-state index in [4.69, 9.17) is 11.5 Å². The molecule has 4 heteroatoms. The van der Waals surface area contributed by atoms with Crippen LogP contribution >= 0.6 is 12.4 Å². The molecule has 0 saturated carbocycles. The molecule has 1 aromatic rings. The highest BCUT2D eigenvalue weighted by Crippen LogP contribution is 2.15. The third-order valence-electron chi connectivity index (χ3n) is 1.89. The summed E-state index contributed by atoms with van der Waals surface area (Å²) in [6, 6.07) is 9.07. The molecule has 1 aromatic carbocycles. The lowest BCUT2D eigenvalue weighted by atomic mass is 9.93. The molecule has 0 aromatic heterocycles. The molecule has 4 N–H and O–H groups in total. The molecule has 72 valence electrons. The standard InChI is InChI=1S/C9H12N2O.ClH/c1-9(11,8(10)12)7-5-3-2-4-6-7;/h2-6H,11H2,1H3,(H2,10,12);1H. The van der Waals surface area contributed by atoms with Crippen molar-refractivity contribution in [3.05, 3.63) is 35.9 Å². The third-order valence-corrected chi connectivity index (χ3v) is 1.89. The van der Waals surface area contributed by atoms with Crippen LogP contribution in [0.15, 0.2) is 30.3 Å². The Morgan fingerprint density at radius 2 is 1.77 bits per heavy atom. The van der Waals surface area contributed by atoms with E-state index >= 15 is 0 Å². The van der Waals surface area contributed by atoms with Crippen molar-refractivity contribution in [3.8, 4) is 0 Å². The molecule has 0 aliphatic rings. The van der Waals surface area contributed by atoms with Gasteiger partial charge in [0.15, 0.2) is 0 Å². The maximum atomic E-state index is 10.9. The van der Waals surface area contributed by atoms with E-state index in [2.05, 4.69) is 0 Å². The van der Waals surface area contributed by atoms with Crippen molar-refractivity contribution in [2.24, 2.45) is 11.5 Å². The molecule has 1 amide bonds. The van der Waals surface area contributed by atoms with Gasteiger partial charge in [-0.3, -0.25) is 4.79 Å². The first-order valence-electron chi connectivity index (χ1n) is 3.69. The summed E-state index contributed by atoms with van der Waals surface area (Å²) in [4.78, 5) is 10.9. The Labute approximate surface area is 83.5 Å². The molecule has 1 rings (SSSR count). The van der Waals surface area contributed by atoms with Gasteiger partial charge in [0.1, 0.15) is 5.54 Å². The van der Waals surface area contributed by atoms with Crippen LogP contribution in [-0.4, -0.2) is 5.91 Å². The van der Waals surface area contributed by atoms with Crippen molar-refractivity contribution in [1.29, 1.82) is 0 Å². The molecule has 13 heavy (non-hydrogen) atoms. The third kappa shape index (κ3) is 2.44. The number of halogens is 1. The van der Waals surface area contributed by atoms with E-state index in [0.29, 0.717) is 0 Å². The van der Waals surface area contributed by atoms with Crippen molar-refractivity contribution >= 4 is 18.3 Å². The van der Waals surface area contributed by atoms with E-state index in [1.54, 1.807) is 19.1 Å².